The van der Waals surface area contributed by atoms with E-state index < -0.39 is 18.5 Å². The van der Waals surface area contributed by atoms with Gasteiger partial charge in [0.25, 0.3) is 5.91 Å². The van der Waals surface area contributed by atoms with Crippen molar-refractivity contribution in [2.24, 2.45) is 0 Å². The Kier molecular flexibility index (Phi) is 6.71. The molecule has 0 unspecified atom stereocenters. The summed E-state index contributed by atoms with van der Waals surface area (Å²) in [4.78, 5) is 25.2. The number of esters is 1. The molecule has 2 rings (SSSR count). The fraction of sp³-hybridized carbons (Fsp3) is 0.222. The number of anilines is 1. The number of amides is 1. The molecule has 6 nitrogen and oxygen atoms in total. The van der Waals surface area contributed by atoms with Crippen LogP contribution in [0.1, 0.15) is 10.4 Å². The molecule has 7 heteroatoms. The highest BCUT2D eigenvalue weighted by Crippen LogP contribution is 2.24. The van der Waals surface area contributed by atoms with E-state index >= 15 is 0 Å². The van der Waals surface area contributed by atoms with Crippen molar-refractivity contribution in [3.63, 3.8) is 0 Å². The highest BCUT2D eigenvalue weighted by atomic mass is 32.2. The highest BCUT2D eigenvalue weighted by molar-refractivity contribution is 7.98. The molecule has 1 N–H and O–H groups in total. The van der Waals surface area contributed by atoms with E-state index in [4.69, 9.17) is 14.2 Å². The van der Waals surface area contributed by atoms with E-state index in [1.54, 1.807) is 36.0 Å². The molecule has 0 fully saturated rings. The van der Waals surface area contributed by atoms with Gasteiger partial charge in [0, 0.05) is 10.6 Å². The molecule has 0 heterocycles. The lowest BCUT2D eigenvalue weighted by Gasteiger charge is -2.10. The summed E-state index contributed by atoms with van der Waals surface area (Å²) in [5.41, 5.74) is 0.830. The summed E-state index contributed by atoms with van der Waals surface area (Å²) in [5.74, 6) is -0.249. The van der Waals surface area contributed by atoms with Crippen LogP contribution in [0.4, 0.5) is 5.69 Å². The number of nitrogens with one attached hydrogen (secondary N) is 1. The molecular formula is C18H19NO5S. The SMILES string of the molecule is COc1ccc(OC)c(C(=O)OCC(=O)Nc2ccc(SC)cc2)c1. The Morgan fingerprint density at radius 3 is 2.36 bits per heavy atom. The number of hydrogen-bond donors (Lipinski definition) is 1. The molecule has 0 spiro atoms. The van der Waals surface area contributed by atoms with Gasteiger partial charge in [-0.1, -0.05) is 0 Å². The Hall–Kier alpha value is -2.67. The lowest BCUT2D eigenvalue weighted by Crippen LogP contribution is -2.21. The lowest BCUT2D eigenvalue weighted by atomic mass is 10.2. The first-order valence-electron chi connectivity index (χ1n) is 7.40. The monoisotopic (exact) mass is 361 g/mol. The largest absolute Gasteiger partial charge is 0.497 e. The minimum absolute atomic E-state index is 0.193. The summed E-state index contributed by atoms with van der Waals surface area (Å²) in [6, 6.07) is 12.1. The maximum Gasteiger partial charge on any atom is 0.342 e. The molecule has 0 aliphatic heterocycles. The van der Waals surface area contributed by atoms with Crippen LogP contribution in [0.15, 0.2) is 47.4 Å². The van der Waals surface area contributed by atoms with Crippen LogP contribution in [0.3, 0.4) is 0 Å². The number of benzene rings is 2. The van der Waals surface area contributed by atoms with E-state index in [0.29, 0.717) is 17.2 Å². The van der Waals surface area contributed by atoms with Crippen LogP contribution in [0.5, 0.6) is 11.5 Å². The Morgan fingerprint density at radius 2 is 1.76 bits per heavy atom. The van der Waals surface area contributed by atoms with E-state index in [2.05, 4.69) is 5.32 Å². The fourth-order valence-corrected chi connectivity index (χ4v) is 2.46. The molecule has 0 atom stereocenters. The number of rotatable bonds is 7. The molecule has 0 aliphatic carbocycles. The molecule has 2 aromatic rings. The number of carbonyl (C=O) groups excluding carboxylic acids is 2. The van der Waals surface area contributed by atoms with E-state index in [0.717, 1.165) is 4.90 Å². The zero-order valence-electron chi connectivity index (χ0n) is 14.2. The molecule has 1 amide bonds. The Labute approximate surface area is 150 Å². The molecule has 0 aliphatic rings. The third-order valence-corrected chi connectivity index (χ3v) is 4.08. The lowest BCUT2D eigenvalue weighted by molar-refractivity contribution is -0.119. The summed E-state index contributed by atoms with van der Waals surface area (Å²) in [5, 5.41) is 2.67. The summed E-state index contributed by atoms with van der Waals surface area (Å²) in [7, 11) is 2.94. The van der Waals surface area contributed by atoms with E-state index in [9.17, 15) is 9.59 Å². The van der Waals surface area contributed by atoms with Gasteiger partial charge in [0.05, 0.1) is 14.2 Å². The zero-order chi connectivity index (χ0) is 18.2. The maximum atomic E-state index is 12.2. The summed E-state index contributed by atoms with van der Waals surface area (Å²) < 4.78 is 15.3. The van der Waals surface area contributed by atoms with Gasteiger partial charge in [-0.25, -0.2) is 4.79 Å². The van der Waals surface area contributed by atoms with E-state index in [1.807, 2.05) is 18.4 Å². The van der Waals surface area contributed by atoms with Gasteiger partial charge in [-0.05, 0) is 48.7 Å². The molecule has 0 radical (unpaired) electrons. The second-order valence-corrected chi connectivity index (χ2v) is 5.80. The maximum absolute atomic E-state index is 12.2. The first-order valence-corrected chi connectivity index (χ1v) is 8.63. The van der Waals surface area contributed by atoms with Gasteiger partial charge >= 0.3 is 5.97 Å². The molecule has 0 aromatic heterocycles. The van der Waals surface area contributed by atoms with Crippen LogP contribution in [-0.2, 0) is 9.53 Å². The third-order valence-electron chi connectivity index (χ3n) is 3.33. The van der Waals surface area contributed by atoms with Crippen LogP contribution >= 0.6 is 11.8 Å². The first-order chi connectivity index (χ1) is 12.1. The van der Waals surface area contributed by atoms with Crippen molar-refractivity contribution in [1.29, 1.82) is 0 Å². The van der Waals surface area contributed by atoms with Crippen LogP contribution in [0.2, 0.25) is 0 Å². The predicted octanol–water partition coefficient (Wildman–Crippen LogP) is 3.22. The van der Waals surface area contributed by atoms with Crippen molar-refractivity contribution in [2.45, 2.75) is 4.90 Å². The van der Waals surface area contributed by atoms with Crippen molar-refractivity contribution in [1.82, 2.24) is 0 Å². The average Bonchev–Trinajstić information content (AvgIpc) is 2.66. The van der Waals surface area contributed by atoms with Crippen LogP contribution in [-0.4, -0.2) is 39.0 Å². The van der Waals surface area contributed by atoms with Crippen molar-refractivity contribution in [3.8, 4) is 11.5 Å². The van der Waals surface area contributed by atoms with Gasteiger partial charge in [-0.15, -0.1) is 11.8 Å². The standard InChI is InChI=1S/C18H19NO5S/c1-22-13-6-9-16(23-2)15(10-13)18(21)24-11-17(20)19-12-4-7-14(25-3)8-5-12/h4-10H,11H2,1-3H3,(H,19,20). The molecule has 2 aromatic carbocycles. The molecule has 132 valence electrons. The van der Waals surface area contributed by atoms with Gasteiger partial charge in [0.1, 0.15) is 17.1 Å². The van der Waals surface area contributed by atoms with Crippen LogP contribution in [0.25, 0.3) is 0 Å². The highest BCUT2D eigenvalue weighted by Gasteiger charge is 2.16. The number of ether oxygens (including phenoxy) is 3. The topological polar surface area (TPSA) is 73.9 Å². The zero-order valence-corrected chi connectivity index (χ0v) is 15.0. The molecule has 0 saturated carbocycles. The quantitative estimate of drug-likeness (QED) is 0.603. The summed E-state index contributed by atoms with van der Waals surface area (Å²) >= 11 is 1.61. The third kappa shape index (κ3) is 5.15. The Bertz CT molecular complexity index is 746. The van der Waals surface area contributed by atoms with E-state index in [-0.39, 0.29) is 5.56 Å². The van der Waals surface area contributed by atoms with Crippen molar-refractivity contribution >= 4 is 29.3 Å². The number of thioether (sulfide) groups is 1. The van der Waals surface area contributed by atoms with E-state index in [1.165, 1.54) is 20.3 Å². The number of carbonyl (C=O) groups is 2. The second kappa shape index (κ2) is 8.98. The minimum atomic E-state index is -0.663. The minimum Gasteiger partial charge on any atom is -0.497 e. The Balaban J connectivity index is 1.95. The molecule has 25 heavy (non-hydrogen) atoms. The molecule has 0 bridgehead atoms. The van der Waals surface area contributed by atoms with Gasteiger partial charge in [0.15, 0.2) is 6.61 Å². The summed E-state index contributed by atoms with van der Waals surface area (Å²) in [6.07, 6.45) is 1.97. The number of methoxy groups -OCH3 is 2. The van der Waals surface area contributed by atoms with Gasteiger partial charge in [-0.3, -0.25) is 4.79 Å². The first kappa shape index (κ1) is 18.7. The van der Waals surface area contributed by atoms with Crippen LogP contribution < -0.4 is 14.8 Å². The molecular weight excluding hydrogens is 342 g/mol. The molecule has 0 saturated heterocycles. The van der Waals surface area contributed by atoms with Gasteiger partial charge in [0.2, 0.25) is 0 Å². The fourth-order valence-electron chi connectivity index (χ4n) is 2.05. The van der Waals surface area contributed by atoms with Gasteiger partial charge in [-0.2, -0.15) is 0 Å². The number of hydrogen-bond acceptors (Lipinski definition) is 6. The predicted molar refractivity (Wildman–Crippen MR) is 96.7 cm³/mol. The van der Waals surface area contributed by atoms with Crippen molar-refractivity contribution < 1.29 is 23.8 Å². The average molecular weight is 361 g/mol. The van der Waals surface area contributed by atoms with Crippen molar-refractivity contribution in [2.75, 3.05) is 32.4 Å². The smallest absolute Gasteiger partial charge is 0.342 e. The normalized spacial score (nSPS) is 10.0. The summed E-state index contributed by atoms with van der Waals surface area (Å²) in [6.45, 7) is -0.399. The Morgan fingerprint density at radius 1 is 1.04 bits per heavy atom. The van der Waals surface area contributed by atoms with Gasteiger partial charge < -0.3 is 19.5 Å². The van der Waals surface area contributed by atoms with Crippen molar-refractivity contribution in [3.05, 3.63) is 48.0 Å². The van der Waals surface area contributed by atoms with Crippen LogP contribution in [0, 0.1) is 0 Å². The second-order valence-electron chi connectivity index (χ2n) is 4.92.